The number of carbonyl (C=O) groups excluding carboxylic acids is 2. The normalized spacial score (nSPS) is 15.2. The fourth-order valence-corrected chi connectivity index (χ4v) is 4.05. The van der Waals surface area contributed by atoms with E-state index in [0.29, 0.717) is 34.5 Å². The predicted molar refractivity (Wildman–Crippen MR) is 127 cm³/mol. The molecule has 3 heterocycles. The molecule has 1 N–H and O–H groups in total. The number of H-pyrrole nitrogens is 1. The fraction of sp³-hybridized carbons (Fsp3) is 0.154. The van der Waals surface area contributed by atoms with E-state index in [2.05, 4.69) is 10.1 Å². The molecule has 5 rings (SSSR count). The van der Waals surface area contributed by atoms with Gasteiger partial charge in [0.15, 0.2) is 6.61 Å². The van der Waals surface area contributed by atoms with Crippen molar-refractivity contribution < 1.29 is 23.5 Å². The Balaban J connectivity index is 1.37. The molecule has 0 radical (unpaired) electrons. The number of methoxy groups -OCH3 is 1. The molecule has 1 amide bonds. The summed E-state index contributed by atoms with van der Waals surface area (Å²) in [4.78, 5) is 40.5. The molecule has 0 fully saturated rings. The second kappa shape index (κ2) is 9.30. The molecule has 9 heteroatoms. The molecule has 0 aliphatic carbocycles. The zero-order valence-electron chi connectivity index (χ0n) is 18.8. The number of hydrogen-bond acceptors (Lipinski definition) is 7. The van der Waals surface area contributed by atoms with Crippen molar-refractivity contribution >= 4 is 28.5 Å². The maximum atomic E-state index is 13.1. The minimum absolute atomic E-state index is 0.0866. The van der Waals surface area contributed by atoms with Crippen molar-refractivity contribution in [3.05, 3.63) is 100 Å². The van der Waals surface area contributed by atoms with Crippen LogP contribution in [0.1, 0.15) is 34.1 Å². The highest BCUT2D eigenvalue weighted by atomic mass is 16.5. The highest BCUT2D eigenvalue weighted by molar-refractivity contribution is 6.05. The standard InChI is InChI=1S/C26H21N3O6/c1-33-17-10-8-16(9-11-17)21-14-22(23-7-4-12-34-23)29(28-21)25(31)15-35-26(32)19-13-24(30)27-20-6-3-2-5-18(19)20/h2-13,22H,14-15H2,1H3,(H,27,30). The molecular weight excluding hydrogens is 450 g/mol. The van der Waals surface area contributed by atoms with Crippen molar-refractivity contribution in [1.82, 2.24) is 9.99 Å². The van der Waals surface area contributed by atoms with E-state index in [1.54, 1.807) is 43.5 Å². The molecule has 176 valence electrons. The summed E-state index contributed by atoms with van der Waals surface area (Å²) in [7, 11) is 1.59. The number of fused-ring (bicyclic) bond motifs is 1. The van der Waals surface area contributed by atoms with Crippen LogP contribution in [-0.4, -0.2) is 41.3 Å². The lowest BCUT2D eigenvalue weighted by Crippen LogP contribution is -2.31. The van der Waals surface area contributed by atoms with Crippen molar-refractivity contribution in [3.8, 4) is 5.75 Å². The Morgan fingerprint density at radius 1 is 1.11 bits per heavy atom. The van der Waals surface area contributed by atoms with Gasteiger partial charge in [0.05, 0.1) is 24.6 Å². The van der Waals surface area contributed by atoms with E-state index < -0.39 is 30.1 Å². The third-order valence-corrected chi connectivity index (χ3v) is 5.76. The molecule has 0 saturated heterocycles. The number of nitrogens with zero attached hydrogens (tertiary/aromatic N) is 2. The lowest BCUT2D eigenvalue weighted by Gasteiger charge is -2.19. The van der Waals surface area contributed by atoms with E-state index in [-0.39, 0.29) is 5.56 Å². The average molecular weight is 471 g/mol. The minimum Gasteiger partial charge on any atom is -0.497 e. The molecule has 4 aromatic rings. The molecule has 1 atom stereocenters. The van der Waals surface area contributed by atoms with Gasteiger partial charge in [0.2, 0.25) is 5.56 Å². The molecular formula is C26H21N3O6. The topological polar surface area (TPSA) is 114 Å². The van der Waals surface area contributed by atoms with Crippen LogP contribution in [0.2, 0.25) is 0 Å². The quantitative estimate of drug-likeness (QED) is 0.429. The summed E-state index contributed by atoms with van der Waals surface area (Å²) in [5.41, 5.74) is 1.68. The number of aromatic nitrogens is 1. The first kappa shape index (κ1) is 22.1. The molecule has 35 heavy (non-hydrogen) atoms. The first-order chi connectivity index (χ1) is 17.0. The minimum atomic E-state index is -0.770. The lowest BCUT2D eigenvalue weighted by atomic mass is 10.0. The van der Waals surface area contributed by atoms with Crippen LogP contribution < -0.4 is 10.3 Å². The average Bonchev–Trinajstić information content (AvgIpc) is 3.57. The summed E-state index contributed by atoms with van der Waals surface area (Å²) >= 11 is 0. The number of amides is 1. The summed E-state index contributed by atoms with van der Waals surface area (Å²) in [6.07, 6.45) is 1.96. The highest BCUT2D eigenvalue weighted by Crippen LogP contribution is 2.33. The Kier molecular flexibility index (Phi) is 5.88. The number of hydrogen-bond donors (Lipinski definition) is 1. The second-order valence-corrected chi connectivity index (χ2v) is 7.92. The number of nitrogens with one attached hydrogen (secondary N) is 1. The molecule has 2 aromatic heterocycles. The number of hydrazone groups is 1. The van der Waals surface area contributed by atoms with Crippen LogP contribution in [0, 0.1) is 0 Å². The number of ether oxygens (including phenoxy) is 2. The molecule has 0 saturated carbocycles. The number of aromatic amines is 1. The summed E-state index contributed by atoms with van der Waals surface area (Å²) < 4.78 is 16.1. The van der Waals surface area contributed by atoms with E-state index in [1.165, 1.54) is 11.3 Å². The van der Waals surface area contributed by atoms with Gasteiger partial charge in [-0.05, 0) is 48.0 Å². The number of para-hydroxylation sites is 1. The summed E-state index contributed by atoms with van der Waals surface area (Å²) in [5.74, 6) is -0.00858. The third kappa shape index (κ3) is 4.43. The predicted octanol–water partition coefficient (Wildman–Crippen LogP) is 3.66. The van der Waals surface area contributed by atoms with E-state index in [0.717, 1.165) is 11.6 Å². The molecule has 9 nitrogen and oxygen atoms in total. The van der Waals surface area contributed by atoms with Crippen LogP contribution in [-0.2, 0) is 9.53 Å². The summed E-state index contributed by atoms with van der Waals surface area (Å²) in [6, 6.07) is 18.4. The van der Waals surface area contributed by atoms with Crippen molar-refractivity contribution in [2.24, 2.45) is 5.10 Å². The molecule has 2 aromatic carbocycles. The molecule has 1 unspecified atom stereocenters. The lowest BCUT2D eigenvalue weighted by molar-refractivity contribution is -0.136. The maximum absolute atomic E-state index is 13.1. The Morgan fingerprint density at radius 3 is 2.66 bits per heavy atom. The van der Waals surface area contributed by atoms with Gasteiger partial charge in [-0.25, -0.2) is 9.80 Å². The molecule has 0 bridgehead atoms. The van der Waals surface area contributed by atoms with Crippen molar-refractivity contribution in [2.45, 2.75) is 12.5 Å². The number of rotatable bonds is 6. The van der Waals surface area contributed by atoms with Crippen LogP contribution in [0.3, 0.4) is 0 Å². The van der Waals surface area contributed by atoms with Crippen molar-refractivity contribution in [2.75, 3.05) is 13.7 Å². The number of carbonyl (C=O) groups is 2. The van der Waals surface area contributed by atoms with Gasteiger partial charge in [0.25, 0.3) is 5.91 Å². The summed E-state index contributed by atoms with van der Waals surface area (Å²) in [5, 5.41) is 6.33. The van der Waals surface area contributed by atoms with Gasteiger partial charge in [0, 0.05) is 23.4 Å². The van der Waals surface area contributed by atoms with Gasteiger partial charge in [-0.2, -0.15) is 5.10 Å². The van der Waals surface area contributed by atoms with Gasteiger partial charge in [-0.15, -0.1) is 0 Å². The zero-order chi connectivity index (χ0) is 24.4. The van der Waals surface area contributed by atoms with Gasteiger partial charge in [-0.3, -0.25) is 9.59 Å². The number of furan rings is 1. The first-order valence-electron chi connectivity index (χ1n) is 10.9. The SMILES string of the molecule is COc1ccc(C2=NN(C(=O)COC(=O)c3cc(=O)[nH]c4ccccc34)C(c3ccco3)C2)cc1. The highest BCUT2D eigenvalue weighted by Gasteiger charge is 2.35. The second-order valence-electron chi connectivity index (χ2n) is 7.92. The van der Waals surface area contributed by atoms with Crippen molar-refractivity contribution in [3.63, 3.8) is 0 Å². The van der Waals surface area contributed by atoms with Crippen molar-refractivity contribution in [1.29, 1.82) is 0 Å². The Bertz CT molecular complexity index is 1470. The molecule has 0 spiro atoms. The Morgan fingerprint density at radius 2 is 1.91 bits per heavy atom. The van der Waals surface area contributed by atoms with E-state index in [4.69, 9.17) is 13.9 Å². The summed E-state index contributed by atoms with van der Waals surface area (Å²) in [6.45, 7) is -0.545. The number of pyridine rings is 1. The zero-order valence-corrected chi connectivity index (χ0v) is 18.8. The van der Waals surface area contributed by atoms with E-state index >= 15 is 0 Å². The van der Waals surface area contributed by atoms with Crippen LogP contribution in [0.25, 0.3) is 10.9 Å². The smallest absolute Gasteiger partial charge is 0.339 e. The third-order valence-electron chi connectivity index (χ3n) is 5.76. The number of esters is 1. The van der Waals surface area contributed by atoms with Crippen LogP contribution in [0.5, 0.6) is 5.75 Å². The Labute approximate surface area is 199 Å². The van der Waals surface area contributed by atoms with Crippen LogP contribution in [0.15, 0.2) is 87.3 Å². The van der Waals surface area contributed by atoms with Crippen LogP contribution in [0.4, 0.5) is 0 Å². The fourth-order valence-electron chi connectivity index (χ4n) is 4.05. The number of benzene rings is 2. The molecule has 1 aliphatic rings. The molecule has 1 aliphatic heterocycles. The van der Waals surface area contributed by atoms with Gasteiger partial charge < -0.3 is 18.9 Å². The first-order valence-corrected chi connectivity index (χ1v) is 10.9. The monoisotopic (exact) mass is 471 g/mol. The van der Waals surface area contributed by atoms with Gasteiger partial charge in [-0.1, -0.05) is 18.2 Å². The van der Waals surface area contributed by atoms with E-state index in [1.807, 2.05) is 24.3 Å². The largest absolute Gasteiger partial charge is 0.497 e. The van der Waals surface area contributed by atoms with Crippen LogP contribution >= 0.6 is 0 Å². The van der Waals surface area contributed by atoms with E-state index in [9.17, 15) is 14.4 Å². The van der Waals surface area contributed by atoms with Gasteiger partial charge in [0.1, 0.15) is 17.6 Å². The Hall–Kier alpha value is -4.66. The van der Waals surface area contributed by atoms with Gasteiger partial charge >= 0.3 is 5.97 Å². The maximum Gasteiger partial charge on any atom is 0.339 e.